The average Bonchev–Trinajstić information content (AvgIpc) is 3.39. The lowest BCUT2D eigenvalue weighted by Crippen LogP contribution is -2.50. The van der Waals surface area contributed by atoms with Gasteiger partial charge in [-0.1, -0.05) is 13.8 Å². The lowest BCUT2D eigenvalue weighted by molar-refractivity contribution is -0.137. The molecule has 1 amide bonds. The van der Waals surface area contributed by atoms with E-state index >= 15 is 0 Å². The molecular formula is C28H49F3N4O4. The van der Waals surface area contributed by atoms with Gasteiger partial charge in [-0.2, -0.15) is 13.2 Å². The van der Waals surface area contributed by atoms with Crippen molar-refractivity contribution in [2.45, 2.75) is 90.8 Å². The molecule has 8 nitrogen and oxygen atoms in total. The maximum atomic E-state index is 13.1. The van der Waals surface area contributed by atoms with Gasteiger partial charge in [0.1, 0.15) is 5.82 Å². The smallest absolute Gasteiger partial charge is 0.394 e. The number of ether oxygens (including phenoxy) is 2. The van der Waals surface area contributed by atoms with Crippen molar-refractivity contribution in [3.63, 3.8) is 0 Å². The predicted octanol–water partition coefficient (Wildman–Crippen LogP) is 4.36. The number of alkyl halides is 3. The van der Waals surface area contributed by atoms with E-state index in [0.717, 1.165) is 37.8 Å². The number of nitrogens with one attached hydrogen (secondary N) is 1. The standard InChI is InChI=1S/C23H35F3N4O3.C3H8O.C2H6/c1-16(33-3)20(7-13-32-2)28-19-5-4-17(14-19)22(31)30-11-9-29(10-12-30)21-15-18(6-8-27-21)23(24,25)26;1-3(2)4;1-2/h6,8,15-17,19-20,28H,4-5,7,9-14H2,1-3H3;3-4H,1-2H3;1-2H3. The summed E-state index contributed by atoms with van der Waals surface area (Å²) in [4.78, 5) is 20.8. The lowest BCUT2D eigenvalue weighted by atomic mass is 10.0. The van der Waals surface area contributed by atoms with E-state index in [0.29, 0.717) is 38.6 Å². The van der Waals surface area contributed by atoms with Crippen LogP contribution in [0.5, 0.6) is 0 Å². The number of methoxy groups -OCH3 is 2. The summed E-state index contributed by atoms with van der Waals surface area (Å²) >= 11 is 0. The molecule has 1 aliphatic heterocycles. The number of amides is 1. The van der Waals surface area contributed by atoms with Crippen LogP contribution in [-0.2, 0) is 20.4 Å². The fraction of sp³-hybridized carbons (Fsp3) is 0.786. The number of hydrogen-bond acceptors (Lipinski definition) is 7. The van der Waals surface area contributed by atoms with Crippen LogP contribution in [0.15, 0.2) is 18.3 Å². The lowest BCUT2D eigenvalue weighted by Gasteiger charge is -2.36. The van der Waals surface area contributed by atoms with Gasteiger partial charge >= 0.3 is 6.18 Å². The number of nitrogens with zero attached hydrogens (tertiary/aromatic N) is 3. The third-order valence-electron chi connectivity index (χ3n) is 6.79. The quantitative estimate of drug-likeness (QED) is 0.463. The second-order valence-corrected chi connectivity index (χ2v) is 10.0. The van der Waals surface area contributed by atoms with Crippen molar-refractivity contribution in [3.05, 3.63) is 23.9 Å². The molecule has 0 bridgehead atoms. The highest BCUT2D eigenvalue weighted by Gasteiger charge is 2.36. The van der Waals surface area contributed by atoms with E-state index in [-0.39, 0.29) is 36.1 Å². The van der Waals surface area contributed by atoms with Crippen LogP contribution in [0.25, 0.3) is 0 Å². The topological polar surface area (TPSA) is 87.2 Å². The third kappa shape index (κ3) is 12.0. The molecule has 0 radical (unpaired) electrons. The number of carbonyl (C=O) groups is 1. The first-order chi connectivity index (χ1) is 18.5. The number of aromatic nitrogens is 1. The van der Waals surface area contributed by atoms with E-state index in [1.807, 2.05) is 30.6 Å². The SMILES string of the molecule is CC.CC(C)O.COCCC(NC1CCC(C(=O)N2CCN(c3cc(C(F)(F)F)ccn3)CC2)C1)C(C)OC. The predicted molar refractivity (Wildman–Crippen MR) is 148 cm³/mol. The van der Waals surface area contributed by atoms with Crippen molar-refractivity contribution in [2.75, 3.05) is 51.9 Å². The van der Waals surface area contributed by atoms with Crippen molar-refractivity contribution < 1.29 is 32.5 Å². The van der Waals surface area contributed by atoms with Crippen LogP contribution in [0, 0.1) is 5.92 Å². The minimum absolute atomic E-state index is 0.0262. The molecule has 1 aromatic rings. The Bertz CT molecular complexity index is 817. The number of carbonyl (C=O) groups excluding carboxylic acids is 1. The van der Waals surface area contributed by atoms with Gasteiger partial charge in [0.2, 0.25) is 5.91 Å². The zero-order chi connectivity index (χ0) is 29.6. The Hall–Kier alpha value is -1.95. The second kappa shape index (κ2) is 17.7. The largest absolute Gasteiger partial charge is 0.416 e. The molecule has 1 saturated carbocycles. The normalized spacial score (nSPS) is 21.0. The highest BCUT2D eigenvalue weighted by molar-refractivity contribution is 5.79. The number of aliphatic hydroxyl groups is 1. The highest BCUT2D eigenvalue weighted by Crippen LogP contribution is 2.32. The summed E-state index contributed by atoms with van der Waals surface area (Å²) in [7, 11) is 3.38. The maximum Gasteiger partial charge on any atom is 0.416 e. The van der Waals surface area contributed by atoms with E-state index < -0.39 is 11.7 Å². The van der Waals surface area contributed by atoms with Crippen molar-refractivity contribution in [1.29, 1.82) is 0 Å². The Morgan fingerprint density at radius 1 is 1.15 bits per heavy atom. The van der Waals surface area contributed by atoms with Gasteiger partial charge in [-0.15, -0.1) is 0 Å². The molecule has 1 saturated heterocycles. The molecule has 11 heteroatoms. The molecule has 1 aliphatic carbocycles. The Kier molecular flexibility index (Phi) is 15.9. The zero-order valence-electron chi connectivity index (χ0n) is 24.6. The van der Waals surface area contributed by atoms with Gasteiger partial charge in [-0.05, 0) is 58.6 Å². The molecule has 3 rings (SSSR count). The first kappa shape index (κ1) is 35.1. The minimum atomic E-state index is -4.40. The van der Waals surface area contributed by atoms with Crippen molar-refractivity contribution in [3.8, 4) is 0 Å². The number of pyridine rings is 1. The number of halogens is 3. The summed E-state index contributed by atoms with van der Waals surface area (Å²) in [6.07, 6.45) is 0.0692. The molecule has 2 aliphatic rings. The number of aliphatic hydroxyl groups excluding tert-OH is 1. The van der Waals surface area contributed by atoms with Gasteiger partial charge < -0.3 is 29.7 Å². The Morgan fingerprint density at radius 2 is 1.77 bits per heavy atom. The van der Waals surface area contributed by atoms with Crippen LogP contribution >= 0.6 is 0 Å². The van der Waals surface area contributed by atoms with Crippen LogP contribution in [0.2, 0.25) is 0 Å². The van der Waals surface area contributed by atoms with Crippen molar-refractivity contribution in [2.24, 2.45) is 5.92 Å². The first-order valence-electron chi connectivity index (χ1n) is 14.0. The maximum absolute atomic E-state index is 13.1. The summed E-state index contributed by atoms with van der Waals surface area (Å²) in [6.45, 7) is 12.0. The third-order valence-corrected chi connectivity index (χ3v) is 6.79. The number of piperazine rings is 1. The number of anilines is 1. The monoisotopic (exact) mass is 562 g/mol. The zero-order valence-corrected chi connectivity index (χ0v) is 24.6. The summed E-state index contributed by atoms with van der Waals surface area (Å²) in [5, 5.41) is 11.7. The van der Waals surface area contributed by atoms with E-state index in [2.05, 4.69) is 10.3 Å². The van der Waals surface area contributed by atoms with E-state index in [9.17, 15) is 18.0 Å². The van der Waals surface area contributed by atoms with Crippen molar-refractivity contribution in [1.82, 2.24) is 15.2 Å². The van der Waals surface area contributed by atoms with E-state index in [4.69, 9.17) is 14.6 Å². The highest BCUT2D eigenvalue weighted by atomic mass is 19.4. The Labute approximate surface area is 232 Å². The van der Waals surface area contributed by atoms with Crippen molar-refractivity contribution >= 4 is 11.7 Å². The molecule has 39 heavy (non-hydrogen) atoms. The summed E-state index contributed by atoms with van der Waals surface area (Å²) in [6, 6.07) is 2.47. The Morgan fingerprint density at radius 3 is 2.31 bits per heavy atom. The van der Waals surface area contributed by atoms with Crippen LogP contribution in [0.4, 0.5) is 19.0 Å². The van der Waals surface area contributed by atoms with Crippen LogP contribution in [-0.4, -0.2) is 92.2 Å². The molecule has 2 N–H and O–H groups in total. The molecule has 0 aromatic carbocycles. The van der Waals surface area contributed by atoms with Gasteiger partial charge in [0, 0.05) is 77.3 Å². The molecule has 0 spiro atoms. The van der Waals surface area contributed by atoms with Gasteiger partial charge in [0.15, 0.2) is 0 Å². The molecular weight excluding hydrogens is 513 g/mol. The molecule has 2 fully saturated rings. The number of rotatable bonds is 9. The fourth-order valence-corrected chi connectivity index (χ4v) is 4.70. The molecule has 1 aromatic heterocycles. The van der Waals surface area contributed by atoms with Gasteiger partial charge in [0.25, 0.3) is 0 Å². The van der Waals surface area contributed by atoms with E-state index in [1.54, 1.807) is 28.1 Å². The van der Waals surface area contributed by atoms with Crippen LogP contribution in [0.1, 0.15) is 65.9 Å². The number of hydrogen-bond donors (Lipinski definition) is 2. The molecule has 4 unspecified atom stereocenters. The van der Waals surface area contributed by atoms with Crippen LogP contribution in [0.3, 0.4) is 0 Å². The van der Waals surface area contributed by atoms with Crippen LogP contribution < -0.4 is 10.2 Å². The minimum Gasteiger partial charge on any atom is -0.394 e. The average molecular weight is 563 g/mol. The fourth-order valence-electron chi connectivity index (χ4n) is 4.70. The van der Waals surface area contributed by atoms with Gasteiger partial charge in [-0.3, -0.25) is 4.79 Å². The first-order valence-corrected chi connectivity index (χ1v) is 14.0. The molecule has 226 valence electrons. The second-order valence-electron chi connectivity index (χ2n) is 10.0. The molecule has 2 heterocycles. The van der Waals surface area contributed by atoms with Gasteiger partial charge in [0.05, 0.1) is 11.7 Å². The Balaban J connectivity index is 0.00000116. The summed E-state index contributed by atoms with van der Waals surface area (Å²) in [5.74, 6) is 0.419. The summed E-state index contributed by atoms with van der Waals surface area (Å²) < 4.78 is 49.7. The molecule has 4 atom stereocenters. The summed E-state index contributed by atoms with van der Waals surface area (Å²) in [5.41, 5.74) is -0.706. The van der Waals surface area contributed by atoms with E-state index in [1.165, 1.54) is 6.20 Å². The van der Waals surface area contributed by atoms with Gasteiger partial charge in [-0.25, -0.2) is 4.98 Å².